The Hall–Kier alpha value is -3.49. The van der Waals surface area contributed by atoms with Crippen molar-refractivity contribution in [2.24, 2.45) is 0 Å². The third-order valence-electron chi connectivity index (χ3n) is 4.42. The number of benzene rings is 2. The predicted octanol–water partition coefficient (Wildman–Crippen LogP) is 5.66. The van der Waals surface area contributed by atoms with Gasteiger partial charge in [-0.2, -0.15) is 11.3 Å². The van der Waals surface area contributed by atoms with Crippen LogP contribution in [0.25, 0.3) is 10.6 Å². The Balaban J connectivity index is 1.43. The van der Waals surface area contributed by atoms with Crippen LogP contribution in [0.4, 0.5) is 5.69 Å². The molecule has 0 aliphatic heterocycles. The van der Waals surface area contributed by atoms with E-state index in [9.17, 15) is 9.59 Å². The van der Waals surface area contributed by atoms with Crippen molar-refractivity contribution in [3.05, 3.63) is 81.5 Å². The maximum absolute atomic E-state index is 12.6. The summed E-state index contributed by atoms with van der Waals surface area (Å²) in [5, 5.41) is 7.56. The first-order chi connectivity index (χ1) is 15.0. The number of thiazole rings is 1. The standard InChI is InChI=1S/C23H18N2O4S2/c1-14-20(31-22(24-14)15-11-12-30-13-15)23(27)29-17-9-7-16(8-10-17)25-21(26)18-5-3-4-6-19(18)28-2/h3-13H,1-2H3,(H,25,26). The summed E-state index contributed by atoms with van der Waals surface area (Å²) in [6, 6.07) is 15.6. The highest BCUT2D eigenvalue weighted by Crippen LogP contribution is 2.30. The van der Waals surface area contributed by atoms with Crippen LogP contribution in [0.3, 0.4) is 0 Å². The summed E-state index contributed by atoms with van der Waals surface area (Å²) in [5.41, 5.74) is 2.64. The lowest BCUT2D eigenvalue weighted by Crippen LogP contribution is -2.13. The summed E-state index contributed by atoms with van der Waals surface area (Å²) in [6.45, 7) is 1.79. The third-order valence-corrected chi connectivity index (χ3v) is 6.29. The number of para-hydroxylation sites is 1. The van der Waals surface area contributed by atoms with Crippen LogP contribution in [0, 0.1) is 6.92 Å². The summed E-state index contributed by atoms with van der Waals surface area (Å²) in [6.07, 6.45) is 0. The summed E-state index contributed by atoms with van der Waals surface area (Å²) in [7, 11) is 1.52. The first-order valence-corrected chi connectivity index (χ1v) is 11.1. The van der Waals surface area contributed by atoms with E-state index >= 15 is 0 Å². The lowest BCUT2D eigenvalue weighted by Gasteiger charge is -2.09. The molecule has 31 heavy (non-hydrogen) atoms. The van der Waals surface area contributed by atoms with Crippen LogP contribution in [0.5, 0.6) is 11.5 Å². The largest absolute Gasteiger partial charge is 0.496 e. The van der Waals surface area contributed by atoms with Gasteiger partial charge in [-0.25, -0.2) is 9.78 Å². The van der Waals surface area contributed by atoms with Crippen LogP contribution < -0.4 is 14.8 Å². The summed E-state index contributed by atoms with van der Waals surface area (Å²) in [5.74, 6) is 0.128. The van der Waals surface area contributed by atoms with Gasteiger partial charge in [0.05, 0.1) is 18.4 Å². The van der Waals surface area contributed by atoms with Gasteiger partial charge in [0.1, 0.15) is 21.4 Å². The molecule has 2 heterocycles. The van der Waals surface area contributed by atoms with Gasteiger partial charge in [-0.1, -0.05) is 12.1 Å². The Morgan fingerprint density at radius 1 is 1.03 bits per heavy atom. The molecule has 6 nitrogen and oxygen atoms in total. The van der Waals surface area contributed by atoms with Crippen LogP contribution in [-0.2, 0) is 0 Å². The number of hydrogen-bond acceptors (Lipinski definition) is 7. The van der Waals surface area contributed by atoms with Crippen molar-refractivity contribution in [3.8, 4) is 22.1 Å². The Morgan fingerprint density at radius 2 is 1.81 bits per heavy atom. The minimum Gasteiger partial charge on any atom is -0.496 e. The van der Waals surface area contributed by atoms with Crippen molar-refractivity contribution in [1.82, 2.24) is 4.98 Å². The van der Waals surface area contributed by atoms with Gasteiger partial charge in [-0.15, -0.1) is 11.3 Å². The molecular formula is C23H18N2O4S2. The number of nitrogens with one attached hydrogen (secondary N) is 1. The number of carbonyl (C=O) groups excluding carboxylic acids is 2. The van der Waals surface area contributed by atoms with Gasteiger partial charge in [-0.3, -0.25) is 4.79 Å². The molecule has 2 aromatic carbocycles. The second-order valence-electron chi connectivity index (χ2n) is 6.51. The van der Waals surface area contributed by atoms with Crippen LogP contribution in [0.1, 0.15) is 25.7 Å². The molecule has 0 saturated heterocycles. The number of thiophene rings is 1. The van der Waals surface area contributed by atoms with Crippen molar-refractivity contribution in [3.63, 3.8) is 0 Å². The molecule has 0 aliphatic rings. The van der Waals surface area contributed by atoms with E-state index in [1.54, 1.807) is 66.8 Å². The van der Waals surface area contributed by atoms with Gasteiger partial charge >= 0.3 is 5.97 Å². The number of amides is 1. The van der Waals surface area contributed by atoms with E-state index < -0.39 is 5.97 Å². The average Bonchev–Trinajstić information content (AvgIpc) is 3.45. The van der Waals surface area contributed by atoms with Gasteiger partial charge in [0.2, 0.25) is 0 Å². The highest BCUT2D eigenvalue weighted by atomic mass is 32.1. The second-order valence-corrected chi connectivity index (χ2v) is 8.29. The van der Waals surface area contributed by atoms with E-state index in [-0.39, 0.29) is 5.91 Å². The maximum atomic E-state index is 12.6. The van der Waals surface area contributed by atoms with Crippen molar-refractivity contribution < 1.29 is 19.1 Å². The normalized spacial score (nSPS) is 10.5. The number of methoxy groups -OCH3 is 1. The molecule has 0 fully saturated rings. The number of aromatic nitrogens is 1. The Kier molecular flexibility index (Phi) is 6.11. The number of anilines is 1. The summed E-state index contributed by atoms with van der Waals surface area (Å²) >= 11 is 2.89. The first-order valence-electron chi connectivity index (χ1n) is 9.32. The Labute approximate surface area is 187 Å². The third kappa shape index (κ3) is 4.65. The smallest absolute Gasteiger partial charge is 0.355 e. The molecule has 156 valence electrons. The van der Waals surface area contributed by atoms with Crippen LogP contribution >= 0.6 is 22.7 Å². The van der Waals surface area contributed by atoms with Crippen LogP contribution in [-0.4, -0.2) is 24.0 Å². The number of hydrogen-bond donors (Lipinski definition) is 1. The minimum atomic E-state index is -0.456. The molecule has 0 aliphatic carbocycles. The fraction of sp³-hybridized carbons (Fsp3) is 0.0870. The van der Waals surface area contributed by atoms with Gasteiger partial charge < -0.3 is 14.8 Å². The Morgan fingerprint density at radius 3 is 2.52 bits per heavy atom. The highest BCUT2D eigenvalue weighted by molar-refractivity contribution is 7.17. The van der Waals surface area contributed by atoms with E-state index in [2.05, 4.69) is 10.3 Å². The highest BCUT2D eigenvalue weighted by Gasteiger charge is 2.19. The molecular weight excluding hydrogens is 432 g/mol. The number of ether oxygens (including phenoxy) is 2. The monoisotopic (exact) mass is 450 g/mol. The first kappa shape index (κ1) is 20.8. The van der Waals surface area contributed by atoms with Crippen LogP contribution in [0.2, 0.25) is 0 Å². The molecule has 8 heteroatoms. The lowest BCUT2D eigenvalue weighted by molar-refractivity contribution is 0.0738. The van der Waals surface area contributed by atoms with Gasteiger partial charge in [0.25, 0.3) is 5.91 Å². The van der Waals surface area contributed by atoms with Crippen LogP contribution in [0.15, 0.2) is 65.4 Å². The fourth-order valence-electron chi connectivity index (χ4n) is 2.89. The number of rotatable bonds is 6. The molecule has 1 N–H and O–H groups in total. The summed E-state index contributed by atoms with van der Waals surface area (Å²) in [4.78, 5) is 30.0. The van der Waals surface area contributed by atoms with Gasteiger partial charge in [0.15, 0.2) is 0 Å². The fourth-order valence-corrected chi connectivity index (χ4v) is 4.54. The number of carbonyl (C=O) groups is 2. The zero-order valence-corrected chi connectivity index (χ0v) is 18.4. The zero-order valence-electron chi connectivity index (χ0n) is 16.7. The van der Waals surface area contributed by atoms with E-state index in [0.717, 1.165) is 10.6 Å². The average molecular weight is 451 g/mol. The molecule has 0 atom stereocenters. The molecule has 0 radical (unpaired) electrons. The van der Waals surface area contributed by atoms with E-state index in [0.29, 0.717) is 33.3 Å². The molecule has 0 unspecified atom stereocenters. The Bertz CT molecular complexity index is 1210. The molecule has 0 bridgehead atoms. The van der Waals surface area contributed by atoms with Crippen molar-refractivity contribution in [2.45, 2.75) is 6.92 Å². The molecule has 4 rings (SSSR count). The quantitative estimate of drug-likeness (QED) is 0.303. The van der Waals surface area contributed by atoms with Crippen molar-refractivity contribution in [2.75, 3.05) is 12.4 Å². The second kappa shape index (κ2) is 9.11. The number of esters is 1. The summed E-state index contributed by atoms with van der Waals surface area (Å²) < 4.78 is 10.7. The number of nitrogens with zero attached hydrogens (tertiary/aromatic N) is 1. The number of aryl methyl sites for hydroxylation is 1. The van der Waals surface area contributed by atoms with Gasteiger partial charge in [-0.05, 0) is 54.8 Å². The van der Waals surface area contributed by atoms with E-state index in [1.807, 2.05) is 16.8 Å². The van der Waals surface area contributed by atoms with Crippen molar-refractivity contribution >= 4 is 40.2 Å². The molecule has 4 aromatic rings. The molecule has 0 saturated carbocycles. The minimum absolute atomic E-state index is 0.288. The van der Waals surface area contributed by atoms with E-state index in [4.69, 9.17) is 9.47 Å². The van der Waals surface area contributed by atoms with Gasteiger partial charge in [0, 0.05) is 16.6 Å². The lowest BCUT2D eigenvalue weighted by atomic mass is 10.2. The van der Waals surface area contributed by atoms with Crippen molar-refractivity contribution in [1.29, 1.82) is 0 Å². The maximum Gasteiger partial charge on any atom is 0.355 e. The van der Waals surface area contributed by atoms with E-state index in [1.165, 1.54) is 18.4 Å². The SMILES string of the molecule is COc1ccccc1C(=O)Nc1ccc(OC(=O)c2sc(-c3ccsc3)nc2C)cc1. The molecule has 0 spiro atoms. The molecule has 2 aromatic heterocycles. The zero-order chi connectivity index (χ0) is 21.8. The topological polar surface area (TPSA) is 77.5 Å². The predicted molar refractivity (Wildman–Crippen MR) is 123 cm³/mol. The molecule has 1 amide bonds.